The lowest BCUT2D eigenvalue weighted by molar-refractivity contribution is 0.466. The lowest BCUT2D eigenvalue weighted by Gasteiger charge is -2.15. The maximum Gasteiger partial charge on any atom is 0.0738 e. The lowest BCUT2D eigenvalue weighted by atomic mass is 10.1. The highest BCUT2D eigenvalue weighted by atomic mass is 79.9. The SMILES string of the molecule is CCCC(Cc1c(Br)c(C)nn1CC)NN. The highest BCUT2D eigenvalue weighted by Gasteiger charge is 2.16. The quantitative estimate of drug-likeness (QED) is 0.623. The number of nitrogens with two attached hydrogens (primary N) is 1. The first-order chi connectivity index (χ1) is 7.63. The van der Waals surface area contributed by atoms with Crippen LogP contribution in [0.5, 0.6) is 0 Å². The first kappa shape index (κ1) is 13.7. The number of hydrogen-bond acceptors (Lipinski definition) is 3. The van der Waals surface area contributed by atoms with E-state index in [1.807, 2.05) is 11.6 Å². The van der Waals surface area contributed by atoms with Crippen molar-refractivity contribution in [1.29, 1.82) is 0 Å². The van der Waals surface area contributed by atoms with Gasteiger partial charge in [0.15, 0.2) is 0 Å². The molecule has 0 saturated heterocycles. The summed E-state index contributed by atoms with van der Waals surface area (Å²) in [4.78, 5) is 0. The Morgan fingerprint density at radius 1 is 1.50 bits per heavy atom. The van der Waals surface area contributed by atoms with Crippen LogP contribution in [-0.4, -0.2) is 15.8 Å². The smallest absolute Gasteiger partial charge is 0.0738 e. The van der Waals surface area contributed by atoms with Crippen LogP contribution >= 0.6 is 15.9 Å². The summed E-state index contributed by atoms with van der Waals surface area (Å²) >= 11 is 3.60. The summed E-state index contributed by atoms with van der Waals surface area (Å²) < 4.78 is 3.16. The summed E-state index contributed by atoms with van der Waals surface area (Å²) in [6.07, 6.45) is 3.13. The predicted octanol–water partition coefficient (Wildman–Crippen LogP) is 2.15. The van der Waals surface area contributed by atoms with Crippen molar-refractivity contribution in [3.05, 3.63) is 15.9 Å². The van der Waals surface area contributed by atoms with Gasteiger partial charge in [-0.2, -0.15) is 5.10 Å². The molecular formula is C11H21BrN4. The van der Waals surface area contributed by atoms with Crippen molar-refractivity contribution in [3.63, 3.8) is 0 Å². The van der Waals surface area contributed by atoms with Gasteiger partial charge in [-0.25, -0.2) is 0 Å². The fraction of sp³-hybridized carbons (Fsp3) is 0.727. The number of hydrogen-bond donors (Lipinski definition) is 2. The number of hydrazine groups is 1. The van der Waals surface area contributed by atoms with Crippen molar-refractivity contribution in [2.45, 2.75) is 52.6 Å². The van der Waals surface area contributed by atoms with E-state index in [1.165, 1.54) is 5.69 Å². The molecule has 5 heteroatoms. The molecule has 92 valence electrons. The minimum absolute atomic E-state index is 0.322. The van der Waals surface area contributed by atoms with Crippen LogP contribution < -0.4 is 11.3 Å². The van der Waals surface area contributed by atoms with E-state index < -0.39 is 0 Å². The molecule has 1 atom stereocenters. The summed E-state index contributed by atoms with van der Waals surface area (Å²) in [5.41, 5.74) is 5.16. The number of nitrogens with zero attached hydrogens (tertiary/aromatic N) is 2. The molecule has 0 aliphatic rings. The van der Waals surface area contributed by atoms with Crippen LogP contribution in [0.2, 0.25) is 0 Å². The van der Waals surface area contributed by atoms with Crippen LogP contribution in [0.4, 0.5) is 0 Å². The maximum absolute atomic E-state index is 5.56. The zero-order chi connectivity index (χ0) is 12.1. The Labute approximate surface area is 106 Å². The van der Waals surface area contributed by atoms with Crippen LogP contribution in [0.3, 0.4) is 0 Å². The third-order valence-electron chi connectivity index (χ3n) is 2.77. The Morgan fingerprint density at radius 3 is 2.69 bits per heavy atom. The van der Waals surface area contributed by atoms with Gasteiger partial charge in [-0.05, 0) is 36.2 Å². The summed E-state index contributed by atoms with van der Waals surface area (Å²) in [6, 6.07) is 0.322. The Balaban J connectivity index is 2.85. The molecule has 1 aromatic rings. The summed E-state index contributed by atoms with van der Waals surface area (Å²) in [5, 5.41) is 4.48. The second-order valence-electron chi connectivity index (χ2n) is 4.02. The largest absolute Gasteiger partial charge is 0.271 e. The Morgan fingerprint density at radius 2 is 2.19 bits per heavy atom. The molecular weight excluding hydrogens is 268 g/mol. The van der Waals surface area contributed by atoms with Gasteiger partial charge in [-0.15, -0.1) is 0 Å². The van der Waals surface area contributed by atoms with E-state index in [1.54, 1.807) is 0 Å². The molecule has 0 aliphatic carbocycles. The van der Waals surface area contributed by atoms with Gasteiger partial charge in [-0.3, -0.25) is 16.0 Å². The molecule has 0 bridgehead atoms. The monoisotopic (exact) mass is 288 g/mol. The van der Waals surface area contributed by atoms with Crippen LogP contribution in [0.15, 0.2) is 4.47 Å². The van der Waals surface area contributed by atoms with Crippen LogP contribution in [-0.2, 0) is 13.0 Å². The Kier molecular flexibility index (Phi) is 5.44. The zero-order valence-electron chi connectivity index (χ0n) is 10.3. The van der Waals surface area contributed by atoms with Crippen LogP contribution in [0.1, 0.15) is 38.1 Å². The molecule has 0 aliphatic heterocycles. The second kappa shape index (κ2) is 6.37. The molecule has 1 unspecified atom stereocenters. The van der Waals surface area contributed by atoms with E-state index in [2.05, 4.69) is 40.3 Å². The van der Waals surface area contributed by atoms with Crippen molar-refractivity contribution in [1.82, 2.24) is 15.2 Å². The normalized spacial score (nSPS) is 13.1. The molecule has 0 radical (unpaired) electrons. The van der Waals surface area contributed by atoms with Crippen molar-refractivity contribution < 1.29 is 0 Å². The second-order valence-corrected chi connectivity index (χ2v) is 4.81. The fourth-order valence-corrected chi connectivity index (χ4v) is 2.34. The average Bonchev–Trinajstić information content (AvgIpc) is 2.55. The molecule has 16 heavy (non-hydrogen) atoms. The lowest BCUT2D eigenvalue weighted by Crippen LogP contribution is -2.37. The van der Waals surface area contributed by atoms with E-state index in [0.717, 1.165) is 36.0 Å². The average molecular weight is 289 g/mol. The van der Waals surface area contributed by atoms with Crippen molar-refractivity contribution >= 4 is 15.9 Å². The summed E-state index contributed by atoms with van der Waals surface area (Å²) in [6.45, 7) is 7.18. The number of nitrogens with one attached hydrogen (secondary N) is 1. The van der Waals surface area contributed by atoms with Gasteiger partial charge in [0.1, 0.15) is 0 Å². The highest BCUT2D eigenvalue weighted by Crippen LogP contribution is 2.22. The molecule has 1 rings (SSSR count). The van der Waals surface area contributed by atoms with E-state index in [-0.39, 0.29) is 0 Å². The van der Waals surface area contributed by atoms with Crippen LogP contribution in [0, 0.1) is 6.92 Å². The molecule has 0 aromatic carbocycles. The van der Waals surface area contributed by atoms with E-state index in [0.29, 0.717) is 6.04 Å². The Bertz CT molecular complexity index is 335. The number of aromatic nitrogens is 2. The first-order valence-electron chi connectivity index (χ1n) is 5.81. The highest BCUT2D eigenvalue weighted by molar-refractivity contribution is 9.10. The molecule has 1 aromatic heterocycles. The fourth-order valence-electron chi connectivity index (χ4n) is 1.89. The third-order valence-corrected chi connectivity index (χ3v) is 3.80. The van der Waals surface area contributed by atoms with Crippen LogP contribution in [0.25, 0.3) is 0 Å². The van der Waals surface area contributed by atoms with Crippen molar-refractivity contribution in [2.75, 3.05) is 0 Å². The molecule has 1 heterocycles. The van der Waals surface area contributed by atoms with Crippen molar-refractivity contribution in [3.8, 4) is 0 Å². The van der Waals surface area contributed by atoms with Gasteiger partial charge in [0.25, 0.3) is 0 Å². The third kappa shape index (κ3) is 3.06. The topological polar surface area (TPSA) is 55.9 Å². The molecule has 0 spiro atoms. The Hall–Kier alpha value is -0.390. The van der Waals surface area contributed by atoms with E-state index >= 15 is 0 Å². The standard InChI is InChI=1S/C11H21BrN4/c1-4-6-9(14-13)7-10-11(12)8(3)15-16(10)5-2/h9,14H,4-7,13H2,1-3H3. The molecule has 0 saturated carbocycles. The van der Waals surface area contributed by atoms with Gasteiger partial charge in [0.2, 0.25) is 0 Å². The molecule has 0 amide bonds. The molecule has 3 N–H and O–H groups in total. The van der Waals surface area contributed by atoms with Crippen molar-refractivity contribution in [2.24, 2.45) is 5.84 Å². The van der Waals surface area contributed by atoms with E-state index in [4.69, 9.17) is 5.84 Å². The maximum atomic E-state index is 5.56. The predicted molar refractivity (Wildman–Crippen MR) is 70.1 cm³/mol. The van der Waals surface area contributed by atoms with Gasteiger partial charge >= 0.3 is 0 Å². The summed E-state index contributed by atoms with van der Waals surface area (Å²) in [5.74, 6) is 5.56. The van der Waals surface area contributed by atoms with E-state index in [9.17, 15) is 0 Å². The number of rotatable bonds is 6. The van der Waals surface area contributed by atoms with Gasteiger partial charge in [0.05, 0.1) is 15.9 Å². The van der Waals surface area contributed by atoms with Gasteiger partial charge in [-0.1, -0.05) is 13.3 Å². The zero-order valence-corrected chi connectivity index (χ0v) is 11.8. The minimum atomic E-state index is 0.322. The van der Waals surface area contributed by atoms with Gasteiger partial charge in [0, 0.05) is 19.0 Å². The van der Waals surface area contributed by atoms with Gasteiger partial charge < -0.3 is 0 Å². The summed E-state index contributed by atoms with van der Waals surface area (Å²) in [7, 11) is 0. The molecule has 4 nitrogen and oxygen atoms in total. The number of halogens is 1. The molecule has 0 fully saturated rings. The first-order valence-corrected chi connectivity index (χ1v) is 6.61. The number of aryl methyl sites for hydroxylation is 2. The minimum Gasteiger partial charge on any atom is -0.271 e.